The van der Waals surface area contributed by atoms with Crippen LogP contribution in [-0.4, -0.2) is 0 Å². The monoisotopic (exact) mass is 164 g/mol. The summed E-state index contributed by atoms with van der Waals surface area (Å²) < 4.78 is 0. The van der Waals surface area contributed by atoms with Crippen molar-refractivity contribution < 1.29 is 31.0 Å². The fraction of sp³-hybridized carbons (Fsp3) is 0. The van der Waals surface area contributed by atoms with Gasteiger partial charge in [0.2, 0.25) is 0 Å². The maximum absolute atomic E-state index is 5.45. The van der Waals surface area contributed by atoms with Crippen LogP contribution in [-0.2, 0) is 0 Å². The first-order valence-electron chi connectivity index (χ1n) is 2.54. The number of hydrogen-bond donors (Lipinski definition) is 3. The van der Waals surface area contributed by atoms with Crippen LogP contribution in [0.1, 0.15) is 1.43 Å². The van der Waals surface area contributed by atoms with E-state index in [4.69, 9.17) is 11.5 Å². The Kier molecular flexibility index (Phi) is 4.20. The van der Waals surface area contributed by atoms with E-state index < -0.39 is 0 Å². The Morgan fingerprint density at radius 2 is 1.80 bits per heavy atom. The van der Waals surface area contributed by atoms with E-state index in [0.29, 0.717) is 11.4 Å². The molecule has 0 atom stereocenters. The molecule has 0 saturated heterocycles. The average Bonchev–Trinajstić information content (AvgIpc) is 1.80. The number of hydrogen-bond acceptors (Lipinski definition) is 3. The van der Waals surface area contributed by atoms with Crippen molar-refractivity contribution in [2.24, 2.45) is 0 Å². The van der Waals surface area contributed by atoms with Gasteiger partial charge in [0, 0.05) is 4.90 Å². The normalized spacial score (nSPS) is 8.50. The Morgan fingerprint density at radius 1 is 1.20 bits per heavy atom. The molecule has 0 saturated carbocycles. The Hall–Kier alpha value is 0.170. The molecule has 0 amide bonds. The molecular formula is C6H9N2NaS. The van der Waals surface area contributed by atoms with Crippen molar-refractivity contribution in [1.29, 1.82) is 0 Å². The van der Waals surface area contributed by atoms with Crippen molar-refractivity contribution in [2.75, 3.05) is 11.5 Å². The molecule has 2 nitrogen and oxygen atoms in total. The minimum atomic E-state index is 0. The Balaban J connectivity index is 0. The van der Waals surface area contributed by atoms with Gasteiger partial charge >= 0.3 is 29.6 Å². The smallest absolute Gasteiger partial charge is 1.00 e. The van der Waals surface area contributed by atoms with E-state index in [0.717, 1.165) is 4.90 Å². The Labute approximate surface area is 89.2 Å². The second-order valence-electron chi connectivity index (χ2n) is 1.81. The molecule has 10 heavy (non-hydrogen) atoms. The molecule has 4 N–H and O–H groups in total. The van der Waals surface area contributed by atoms with Crippen LogP contribution in [0.25, 0.3) is 0 Å². The van der Waals surface area contributed by atoms with Crippen molar-refractivity contribution in [3.63, 3.8) is 0 Å². The first-order chi connectivity index (χ1) is 4.20. The van der Waals surface area contributed by atoms with E-state index in [9.17, 15) is 0 Å². The molecule has 1 aromatic carbocycles. The summed E-state index contributed by atoms with van der Waals surface area (Å²) in [7, 11) is 0. The summed E-state index contributed by atoms with van der Waals surface area (Å²) in [4.78, 5) is 0.835. The predicted octanol–water partition coefficient (Wildman–Crippen LogP) is -1.74. The van der Waals surface area contributed by atoms with Gasteiger partial charge in [-0.1, -0.05) is 0 Å². The number of anilines is 2. The van der Waals surface area contributed by atoms with Crippen molar-refractivity contribution in [3.05, 3.63) is 18.2 Å². The predicted molar refractivity (Wildman–Crippen MR) is 43.6 cm³/mol. The van der Waals surface area contributed by atoms with Gasteiger partial charge in [0.05, 0.1) is 11.4 Å². The minimum Gasteiger partial charge on any atom is -1.00 e. The standard InChI is InChI=1S/C6H8N2S.Na.H/c7-5-2-1-4(9)3-6(5)8;;/h1-3,9H,7-8H2;;/q;+1;-1. The summed E-state index contributed by atoms with van der Waals surface area (Å²) >= 11 is 4.07. The number of rotatable bonds is 0. The second kappa shape index (κ2) is 4.13. The maximum Gasteiger partial charge on any atom is 1.00 e. The van der Waals surface area contributed by atoms with Gasteiger partial charge < -0.3 is 12.9 Å². The van der Waals surface area contributed by atoms with Crippen LogP contribution in [0.5, 0.6) is 0 Å². The average molecular weight is 164 g/mol. The van der Waals surface area contributed by atoms with E-state index >= 15 is 0 Å². The molecule has 4 heteroatoms. The zero-order valence-corrected chi connectivity index (χ0v) is 8.73. The Morgan fingerprint density at radius 3 is 2.20 bits per heavy atom. The first-order valence-corrected chi connectivity index (χ1v) is 2.99. The largest absolute Gasteiger partial charge is 1.00 e. The molecule has 0 fully saturated rings. The third-order valence-corrected chi connectivity index (χ3v) is 1.35. The molecule has 0 heterocycles. The molecule has 0 radical (unpaired) electrons. The Bertz CT molecular complexity index is 232. The second-order valence-corrected chi connectivity index (χ2v) is 2.33. The summed E-state index contributed by atoms with van der Waals surface area (Å²) in [6.07, 6.45) is 0. The van der Waals surface area contributed by atoms with Crippen LogP contribution in [0.15, 0.2) is 23.1 Å². The zero-order chi connectivity index (χ0) is 6.85. The molecule has 0 aliphatic rings. The quantitative estimate of drug-likeness (QED) is 0.242. The van der Waals surface area contributed by atoms with Gasteiger partial charge in [0.25, 0.3) is 0 Å². The molecule has 0 aromatic heterocycles. The summed E-state index contributed by atoms with van der Waals surface area (Å²) in [5.74, 6) is 0. The molecule has 50 valence electrons. The van der Waals surface area contributed by atoms with Crippen molar-refractivity contribution in [2.45, 2.75) is 4.90 Å². The van der Waals surface area contributed by atoms with Gasteiger partial charge in [0.1, 0.15) is 0 Å². The molecule has 1 rings (SSSR count). The fourth-order valence-electron chi connectivity index (χ4n) is 0.562. The number of thiol groups is 1. The molecule has 0 bridgehead atoms. The third kappa shape index (κ3) is 2.42. The summed E-state index contributed by atoms with van der Waals surface area (Å²) in [5, 5.41) is 0. The van der Waals surface area contributed by atoms with Gasteiger partial charge in [-0.3, -0.25) is 0 Å². The van der Waals surface area contributed by atoms with E-state index in [1.165, 1.54) is 0 Å². The number of nitrogen functional groups attached to an aromatic ring is 2. The van der Waals surface area contributed by atoms with E-state index in [1.54, 1.807) is 18.2 Å². The summed E-state index contributed by atoms with van der Waals surface area (Å²) in [6.45, 7) is 0. The van der Waals surface area contributed by atoms with Gasteiger partial charge in [-0.15, -0.1) is 12.6 Å². The molecular weight excluding hydrogens is 155 g/mol. The van der Waals surface area contributed by atoms with Gasteiger partial charge in [-0.05, 0) is 18.2 Å². The van der Waals surface area contributed by atoms with Crippen LogP contribution >= 0.6 is 12.6 Å². The molecule has 0 aliphatic heterocycles. The summed E-state index contributed by atoms with van der Waals surface area (Å²) in [5.41, 5.74) is 12.1. The van der Waals surface area contributed by atoms with Gasteiger partial charge in [0.15, 0.2) is 0 Å². The molecule has 0 aliphatic carbocycles. The van der Waals surface area contributed by atoms with Crippen LogP contribution in [0.3, 0.4) is 0 Å². The van der Waals surface area contributed by atoms with Crippen molar-refractivity contribution in [3.8, 4) is 0 Å². The van der Waals surface area contributed by atoms with Crippen LogP contribution in [0.4, 0.5) is 11.4 Å². The van der Waals surface area contributed by atoms with E-state index in [1.807, 2.05) is 0 Å². The van der Waals surface area contributed by atoms with Crippen LogP contribution in [0, 0.1) is 0 Å². The van der Waals surface area contributed by atoms with Crippen LogP contribution in [0.2, 0.25) is 0 Å². The fourth-order valence-corrected chi connectivity index (χ4v) is 0.776. The van der Waals surface area contributed by atoms with Crippen molar-refractivity contribution in [1.82, 2.24) is 0 Å². The molecule has 0 spiro atoms. The van der Waals surface area contributed by atoms with Gasteiger partial charge in [-0.2, -0.15) is 0 Å². The van der Waals surface area contributed by atoms with Gasteiger partial charge in [-0.25, -0.2) is 0 Å². The summed E-state index contributed by atoms with van der Waals surface area (Å²) in [6, 6.07) is 5.25. The zero-order valence-electron chi connectivity index (χ0n) is 6.83. The van der Waals surface area contributed by atoms with Crippen LogP contribution < -0.4 is 41.0 Å². The number of nitrogens with two attached hydrogens (primary N) is 2. The van der Waals surface area contributed by atoms with Crippen molar-refractivity contribution >= 4 is 24.0 Å². The van der Waals surface area contributed by atoms with E-state index in [-0.39, 0.29) is 31.0 Å². The first kappa shape index (κ1) is 10.2. The SMILES string of the molecule is Nc1ccc(S)cc1N.[H-].[Na+]. The van der Waals surface area contributed by atoms with E-state index in [2.05, 4.69) is 12.6 Å². The molecule has 0 unspecified atom stereocenters. The minimum absolute atomic E-state index is 0. The maximum atomic E-state index is 5.45. The third-order valence-electron chi connectivity index (χ3n) is 1.07. The molecule has 1 aromatic rings. The topological polar surface area (TPSA) is 52.0 Å². The number of benzene rings is 1.